The minimum atomic E-state index is 0.0799. The zero-order chi connectivity index (χ0) is 13.1. The fourth-order valence-corrected chi connectivity index (χ4v) is 2.67. The van der Waals surface area contributed by atoms with Gasteiger partial charge >= 0.3 is 0 Å². The van der Waals surface area contributed by atoms with Crippen LogP contribution in [-0.2, 0) is 0 Å². The Balaban J connectivity index is 2.20. The molecule has 1 heterocycles. The Bertz CT molecular complexity index is 462. The van der Waals surface area contributed by atoms with Crippen LogP contribution >= 0.6 is 11.6 Å². The molecule has 0 spiro atoms. The van der Waals surface area contributed by atoms with Gasteiger partial charge in [0, 0.05) is 18.7 Å². The van der Waals surface area contributed by atoms with Crippen LogP contribution < -0.4 is 10.6 Å². The molecule has 5 heteroatoms. The van der Waals surface area contributed by atoms with Gasteiger partial charge in [-0.2, -0.15) is 0 Å². The van der Waals surface area contributed by atoms with Gasteiger partial charge in [-0.25, -0.2) is 0 Å². The summed E-state index contributed by atoms with van der Waals surface area (Å²) in [5.41, 5.74) is 7.20. The van der Waals surface area contributed by atoms with E-state index in [9.17, 15) is 0 Å². The van der Waals surface area contributed by atoms with E-state index >= 15 is 0 Å². The first-order chi connectivity index (χ1) is 8.65. The number of anilines is 1. The third kappa shape index (κ3) is 2.53. The van der Waals surface area contributed by atoms with E-state index in [1.54, 1.807) is 6.07 Å². The molecule has 0 radical (unpaired) electrons. The minimum Gasteiger partial charge on any atom is -0.409 e. The number of amidine groups is 1. The summed E-state index contributed by atoms with van der Waals surface area (Å²) >= 11 is 6.27. The lowest BCUT2D eigenvalue weighted by Crippen LogP contribution is -2.20. The molecule has 1 aromatic rings. The van der Waals surface area contributed by atoms with E-state index in [4.69, 9.17) is 22.5 Å². The van der Waals surface area contributed by atoms with Crippen LogP contribution in [0.4, 0.5) is 5.69 Å². The van der Waals surface area contributed by atoms with Crippen LogP contribution in [0.15, 0.2) is 23.4 Å². The molecule has 1 unspecified atom stereocenters. The number of oxime groups is 1. The third-order valence-electron chi connectivity index (χ3n) is 3.56. The van der Waals surface area contributed by atoms with Gasteiger partial charge in [-0.05, 0) is 30.5 Å². The van der Waals surface area contributed by atoms with E-state index in [2.05, 4.69) is 17.0 Å². The molecule has 0 bridgehead atoms. The van der Waals surface area contributed by atoms with Crippen LogP contribution in [0.2, 0.25) is 5.02 Å². The first-order valence-corrected chi connectivity index (χ1v) is 6.56. The van der Waals surface area contributed by atoms with Crippen LogP contribution in [0.5, 0.6) is 0 Å². The van der Waals surface area contributed by atoms with Crippen molar-refractivity contribution in [1.82, 2.24) is 0 Å². The van der Waals surface area contributed by atoms with Crippen molar-refractivity contribution in [3.8, 4) is 0 Å². The second-order valence-corrected chi connectivity index (χ2v) is 5.07. The summed E-state index contributed by atoms with van der Waals surface area (Å²) in [7, 11) is 0. The quantitative estimate of drug-likeness (QED) is 0.383. The smallest absolute Gasteiger partial charge is 0.170 e. The summed E-state index contributed by atoms with van der Waals surface area (Å²) in [5, 5.41) is 12.3. The van der Waals surface area contributed by atoms with Crippen molar-refractivity contribution in [2.24, 2.45) is 16.8 Å². The Morgan fingerprint density at radius 3 is 2.94 bits per heavy atom. The molecule has 1 atom stereocenters. The molecule has 0 aromatic heterocycles. The molecule has 0 saturated carbocycles. The Morgan fingerprint density at radius 2 is 2.39 bits per heavy atom. The van der Waals surface area contributed by atoms with Crippen molar-refractivity contribution in [3.05, 3.63) is 28.8 Å². The first-order valence-electron chi connectivity index (χ1n) is 6.18. The molecular formula is C13H18ClN3O. The van der Waals surface area contributed by atoms with E-state index < -0.39 is 0 Å². The zero-order valence-electron chi connectivity index (χ0n) is 10.4. The molecule has 1 aromatic carbocycles. The number of nitrogens with zero attached hydrogens (tertiary/aromatic N) is 2. The van der Waals surface area contributed by atoms with E-state index in [-0.39, 0.29) is 5.84 Å². The Labute approximate surface area is 112 Å². The predicted octanol–water partition coefficient (Wildman–Crippen LogP) is 2.67. The van der Waals surface area contributed by atoms with Crippen LogP contribution in [0, 0.1) is 5.92 Å². The summed E-state index contributed by atoms with van der Waals surface area (Å²) in [6.07, 6.45) is 2.42. The van der Waals surface area contributed by atoms with Gasteiger partial charge < -0.3 is 15.8 Å². The summed E-state index contributed by atoms with van der Waals surface area (Å²) in [6, 6.07) is 5.51. The largest absolute Gasteiger partial charge is 0.409 e. The molecule has 1 aliphatic rings. The number of nitrogens with two attached hydrogens (primary N) is 1. The van der Waals surface area contributed by atoms with Crippen LogP contribution in [0.1, 0.15) is 25.3 Å². The highest BCUT2D eigenvalue weighted by Crippen LogP contribution is 2.31. The van der Waals surface area contributed by atoms with Gasteiger partial charge in [0.25, 0.3) is 0 Å². The maximum Gasteiger partial charge on any atom is 0.170 e. The number of rotatable bonds is 3. The molecular weight excluding hydrogens is 250 g/mol. The molecule has 1 aliphatic heterocycles. The van der Waals surface area contributed by atoms with E-state index in [1.165, 1.54) is 12.8 Å². The summed E-state index contributed by atoms with van der Waals surface area (Å²) in [5.74, 6) is 0.834. The van der Waals surface area contributed by atoms with Crippen LogP contribution in [0.25, 0.3) is 0 Å². The standard InChI is InChI=1S/C13H18ClN3O/c1-2-9-5-6-17(8-9)12-4-3-10(7-11(12)14)13(15)16-18/h3-4,7,9,18H,2,5-6,8H2,1H3,(H2,15,16). The highest BCUT2D eigenvalue weighted by atomic mass is 35.5. The molecule has 1 saturated heterocycles. The van der Waals surface area contributed by atoms with Crippen molar-refractivity contribution >= 4 is 23.1 Å². The SMILES string of the molecule is CCC1CCN(c2ccc(/C(N)=N/O)cc2Cl)C1. The van der Waals surface area contributed by atoms with E-state index in [1.807, 2.05) is 12.1 Å². The monoisotopic (exact) mass is 267 g/mol. The number of hydrogen-bond acceptors (Lipinski definition) is 3. The van der Waals surface area contributed by atoms with Gasteiger partial charge in [-0.3, -0.25) is 0 Å². The molecule has 1 fully saturated rings. The molecule has 4 nitrogen and oxygen atoms in total. The van der Waals surface area contributed by atoms with E-state index in [0.717, 1.165) is 24.7 Å². The average Bonchev–Trinajstić information content (AvgIpc) is 2.86. The molecule has 18 heavy (non-hydrogen) atoms. The summed E-state index contributed by atoms with van der Waals surface area (Å²) in [6.45, 7) is 4.32. The van der Waals surface area contributed by atoms with Gasteiger partial charge in [0.05, 0.1) is 10.7 Å². The second-order valence-electron chi connectivity index (χ2n) is 4.66. The summed E-state index contributed by atoms with van der Waals surface area (Å²) in [4.78, 5) is 2.30. The minimum absolute atomic E-state index is 0.0799. The average molecular weight is 268 g/mol. The van der Waals surface area contributed by atoms with Crippen LogP contribution in [0.3, 0.4) is 0 Å². The normalized spacial score (nSPS) is 20.4. The van der Waals surface area contributed by atoms with Gasteiger partial charge in [0.1, 0.15) is 0 Å². The zero-order valence-corrected chi connectivity index (χ0v) is 11.2. The fourth-order valence-electron chi connectivity index (χ4n) is 2.37. The van der Waals surface area contributed by atoms with Crippen molar-refractivity contribution < 1.29 is 5.21 Å². The number of halogens is 1. The Hall–Kier alpha value is -1.42. The maximum atomic E-state index is 8.64. The lowest BCUT2D eigenvalue weighted by molar-refractivity contribution is 0.318. The second kappa shape index (κ2) is 5.48. The van der Waals surface area contributed by atoms with Crippen molar-refractivity contribution in [3.63, 3.8) is 0 Å². The third-order valence-corrected chi connectivity index (χ3v) is 3.86. The highest BCUT2D eigenvalue weighted by Gasteiger charge is 2.22. The topological polar surface area (TPSA) is 61.8 Å². The number of hydrogen-bond donors (Lipinski definition) is 2. The first kappa shape index (κ1) is 13.0. The molecule has 98 valence electrons. The molecule has 0 aliphatic carbocycles. The van der Waals surface area contributed by atoms with Crippen molar-refractivity contribution in [2.75, 3.05) is 18.0 Å². The van der Waals surface area contributed by atoms with Gasteiger partial charge in [-0.1, -0.05) is 30.1 Å². The summed E-state index contributed by atoms with van der Waals surface area (Å²) < 4.78 is 0. The van der Waals surface area contributed by atoms with Crippen molar-refractivity contribution in [2.45, 2.75) is 19.8 Å². The number of benzene rings is 1. The Morgan fingerprint density at radius 1 is 1.61 bits per heavy atom. The molecule has 3 N–H and O–H groups in total. The fraction of sp³-hybridized carbons (Fsp3) is 0.462. The van der Waals surface area contributed by atoms with Crippen LogP contribution in [-0.4, -0.2) is 24.1 Å². The molecule has 0 amide bonds. The van der Waals surface area contributed by atoms with Gasteiger partial charge in [-0.15, -0.1) is 0 Å². The van der Waals surface area contributed by atoms with E-state index in [0.29, 0.717) is 10.6 Å². The van der Waals surface area contributed by atoms with Gasteiger partial charge in [0.2, 0.25) is 0 Å². The van der Waals surface area contributed by atoms with Crippen molar-refractivity contribution in [1.29, 1.82) is 0 Å². The highest BCUT2D eigenvalue weighted by molar-refractivity contribution is 6.33. The van der Waals surface area contributed by atoms with Gasteiger partial charge in [0.15, 0.2) is 5.84 Å². The molecule has 2 rings (SSSR count). The lowest BCUT2D eigenvalue weighted by atomic mass is 10.1. The lowest BCUT2D eigenvalue weighted by Gasteiger charge is -2.20. The predicted molar refractivity (Wildman–Crippen MR) is 74.6 cm³/mol. The maximum absolute atomic E-state index is 8.64. The Kier molecular flexibility index (Phi) is 3.97.